The van der Waals surface area contributed by atoms with Gasteiger partial charge in [-0.25, -0.2) is 4.98 Å². The van der Waals surface area contributed by atoms with Gasteiger partial charge in [-0.1, -0.05) is 38.2 Å². The van der Waals surface area contributed by atoms with Gasteiger partial charge in [-0.15, -0.1) is 0 Å². The van der Waals surface area contributed by atoms with Gasteiger partial charge >= 0.3 is 0 Å². The summed E-state index contributed by atoms with van der Waals surface area (Å²) in [6, 6.07) is 5.37. The number of rotatable bonds is 6. The van der Waals surface area contributed by atoms with Gasteiger partial charge in [0.1, 0.15) is 11.5 Å². The first-order chi connectivity index (χ1) is 9.26. The van der Waals surface area contributed by atoms with Crippen molar-refractivity contribution in [3.05, 3.63) is 23.9 Å². The maximum absolute atomic E-state index is 11.7. The number of hydrogen-bond acceptors (Lipinski definition) is 3. The van der Waals surface area contributed by atoms with Crippen molar-refractivity contribution in [2.75, 3.05) is 11.9 Å². The third-order valence-electron chi connectivity index (χ3n) is 2.59. The third kappa shape index (κ3) is 6.58. The monoisotopic (exact) mass is 259 g/mol. The quantitative estimate of drug-likeness (QED) is 0.608. The second-order valence-corrected chi connectivity index (χ2v) is 4.27. The molecule has 0 unspecified atom stereocenters. The number of anilines is 1. The summed E-state index contributed by atoms with van der Waals surface area (Å²) in [5, 5.41) is 2.79. The molecule has 0 fully saturated rings. The molecule has 4 nitrogen and oxygen atoms in total. The van der Waals surface area contributed by atoms with Crippen LogP contribution in [0, 0.1) is 11.8 Å². The van der Waals surface area contributed by atoms with E-state index in [1.165, 1.54) is 12.8 Å². The zero-order valence-electron chi connectivity index (χ0n) is 11.4. The van der Waals surface area contributed by atoms with E-state index in [1.807, 2.05) is 6.07 Å². The predicted molar refractivity (Wildman–Crippen MR) is 77.6 cm³/mol. The molecule has 0 aliphatic carbocycles. The molecule has 102 valence electrons. The van der Waals surface area contributed by atoms with Gasteiger partial charge in [0.15, 0.2) is 0 Å². The average Bonchev–Trinajstić information content (AvgIpc) is 2.42. The molecule has 0 aromatic carbocycles. The Hall–Kier alpha value is -1.86. The van der Waals surface area contributed by atoms with Crippen molar-refractivity contribution in [3.63, 3.8) is 0 Å². The molecule has 4 heteroatoms. The Labute approximate surface area is 114 Å². The van der Waals surface area contributed by atoms with Crippen molar-refractivity contribution in [3.8, 4) is 11.8 Å². The predicted octanol–water partition coefficient (Wildman–Crippen LogP) is 2.30. The smallest absolute Gasteiger partial charge is 0.225 e. The molecule has 0 radical (unpaired) electrons. The molecule has 0 saturated carbocycles. The lowest BCUT2D eigenvalue weighted by atomic mass is 10.1. The average molecular weight is 259 g/mol. The lowest BCUT2D eigenvalue weighted by Crippen LogP contribution is -2.12. The second kappa shape index (κ2) is 9.12. The lowest BCUT2D eigenvalue weighted by Gasteiger charge is -2.04. The Morgan fingerprint density at radius 3 is 2.95 bits per heavy atom. The number of unbranched alkanes of at least 4 members (excludes halogenated alkanes) is 3. The Morgan fingerprint density at radius 2 is 2.21 bits per heavy atom. The summed E-state index contributed by atoms with van der Waals surface area (Å²) in [6.07, 6.45) is 4.91. The Bertz CT molecular complexity index is 460. The van der Waals surface area contributed by atoms with Crippen molar-refractivity contribution in [1.82, 2.24) is 4.98 Å². The van der Waals surface area contributed by atoms with Crippen LogP contribution in [-0.2, 0) is 4.79 Å². The van der Waals surface area contributed by atoms with Crippen LogP contribution < -0.4 is 11.1 Å². The van der Waals surface area contributed by atoms with E-state index in [-0.39, 0.29) is 5.91 Å². The SMILES string of the molecule is CCCCCCC(=O)Nc1cccc(C#CCN)n1. The first kappa shape index (κ1) is 15.2. The first-order valence-electron chi connectivity index (χ1n) is 6.72. The highest BCUT2D eigenvalue weighted by molar-refractivity contribution is 5.89. The van der Waals surface area contributed by atoms with Gasteiger partial charge in [-0.3, -0.25) is 4.79 Å². The molecule has 1 amide bonds. The number of hydrogen-bond donors (Lipinski definition) is 2. The molecular formula is C15H21N3O. The van der Waals surface area contributed by atoms with E-state index in [2.05, 4.69) is 29.1 Å². The van der Waals surface area contributed by atoms with Gasteiger partial charge in [0.05, 0.1) is 6.54 Å². The Kier molecular flexibility index (Phi) is 7.30. The first-order valence-corrected chi connectivity index (χ1v) is 6.72. The van der Waals surface area contributed by atoms with Crippen molar-refractivity contribution in [2.24, 2.45) is 5.73 Å². The minimum Gasteiger partial charge on any atom is -0.320 e. The van der Waals surface area contributed by atoms with Crippen LogP contribution in [0.3, 0.4) is 0 Å². The van der Waals surface area contributed by atoms with Crippen LogP contribution in [0.1, 0.15) is 44.7 Å². The number of nitrogens with two attached hydrogens (primary N) is 1. The molecule has 1 heterocycles. The van der Waals surface area contributed by atoms with E-state index in [0.29, 0.717) is 24.5 Å². The molecule has 1 aromatic rings. The fourth-order valence-electron chi connectivity index (χ4n) is 1.63. The zero-order valence-corrected chi connectivity index (χ0v) is 11.4. The summed E-state index contributed by atoms with van der Waals surface area (Å²) >= 11 is 0. The standard InChI is InChI=1S/C15H21N3O/c1-2-3-4-5-11-15(19)18-14-10-6-8-13(17-14)9-7-12-16/h6,8,10H,2-5,11-12,16H2,1H3,(H,17,18,19). The minimum absolute atomic E-state index is 0.00698. The van der Waals surface area contributed by atoms with Crippen molar-refractivity contribution >= 4 is 11.7 Å². The summed E-state index contributed by atoms with van der Waals surface area (Å²) in [5.74, 6) is 6.13. The number of carbonyl (C=O) groups excluding carboxylic acids is 1. The van der Waals surface area contributed by atoms with Gasteiger partial charge in [-0.2, -0.15) is 0 Å². The summed E-state index contributed by atoms with van der Waals surface area (Å²) in [4.78, 5) is 15.9. The summed E-state index contributed by atoms with van der Waals surface area (Å²) < 4.78 is 0. The maximum atomic E-state index is 11.7. The molecule has 0 aliphatic rings. The Balaban J connectivity index is 2.45. The number of pyridine rings is 1. The highest BCUT2D eigenvalue weighted by atomic mass is 16.1. The summed E-state index contributed by atoms with van der Waals surface area (Å²) in [5.41, 5.74) is 5.92. The molecule has 3 N–H and O–H groups in total. The van der Waals surface area contributed by atoms with Crippen LogP contribution in [0.5, 0.6) is 0 Å². The van der Waals surface area contributed by atoms with Crippen LogP contribution in [0.2, 0.25) is 0 Å². The fourth-order valence-corrected chi connectivity index (χ4v) is 1.63. The van der Waals surface area contributed by atoms with E-state index in [9.17, 15) is 4.79 Å². The van der Waals surface area contributed by atoms with Crippen LogP contribution in [-0.4, -0.2) is 17.4 Å². The summed E-state index contributed by atoms with van der Waals surface area (Å²) in [7, 11) is 0. The molecular weight excluding hydrogens is 238 g/mol. The lowest BCUT2D eigenvalue weighted by molar-refractivity contribution is -0.116. The highest BCUT2D eigenvalue weighted by Gasteiger charge is 2.03. The van der Waals surface area contributed by atoms with E-state index in [1.54, 1.807) is 12.1 Å². The maximum Gasteiger partial charge on any atom is 0.225 e. The minimum atomic E-state index is 0.00698. The number of nitrogens with one attached hydrogen (secondary N) is 1. The second-order valence-electron chi connectivity index (χ2n) is 4.27. The van der Waals surface area contributed by atoms with Gasteiger partial charge in [0.25, 0.3) is 0 Å². The molecule has 1 rings (SSSR count). The van der Waals surface area contributed by atoms with Crippen LogP contribution in [0.4, 0.5) is 5.82 Å². The highest BCUT2D eigenvalue weighted by Crippen LogP contribution is 2.07. The molecule has 0 bridgehead atoms. The number of amides is 1. The Morgan fingerprint density at radius 1 is 1.37 bits per heavy atom. The zero-order chi connectivity index (χ0) is 13.9. The molecule has 0 spiro atoms. The van der Waals surface area contributed by atoms with Crippen molar-refractivity contribution in [2.45, 2.75) is 39.0 Å². The van der Waals surface area contributed by atoms with E-state index in [4.69, 9.17) is 5.73 Å². The largest absolute Gasteiger partial charge is 0.320 e. The van der Waals surface area contributed by atoms with E-state index in [0.717, 1.165) is 12.8 Å². The fraction of sp³-hybridized carbons (Fsp3) is 0.467. The van der Waals surface area contributed by atoms with Crippen molar-refractivity contribution < 1.29 is 4.79 Å². The van der Waals surface area contributed by atoms with Crippen LogP contribution in [0.15, 0.2) is 18.2 Å². The normalized spacial score (nSPS) is 9.58. The third-order valence-corrected chi connectivity index (χ3v) is 2.59. The van der Waals surface area contributed by atoms with Gasteiger partial charge in [0.2, 0.25) is 5.91 Å². The van der Waals surface area contributed by atoms with Crippen molar-refractivity contribution in [1.29, 1.82) is 0 Å². The number of nitrogens with zero attached hydrogens (tertiary/aromatic N) is 1. The van der Waals surface area contributed by atoms with Gasteiger partial charge < -0.3 is 11.1 Å². The molecule has 0 saturated heterocycles. The van der Waals surface area contributed by atoms with Crippen LogP contribution >= 0.6 is 0 Å². The molecule has 0 atom stereocenters. The molecule has 0 aliphatic heterocycles. The number of aromatic nitrogens is 1. The topological polar surface area (TPSA) is 68.0 Å². The summed E-state index contributed by atoms with van der Waals surface area (Å²) in [6.45, 7) is 2.45. The van der Waals surface area contributed by atoms with Gasteiger partial charge in [-0.05, 0) is 24.5 Å². The van der Waals surface area contributed by atoms with E-state index < -0.39 is 0 Å². The van der Waals surface area contributed by atoms with E-state index >= 15 is 0 Å². The number of carbonyl (C=O) groups is 1. The molecule has 19 heavy (non-hydrogen) atoms. The molecule has 1 aromatic heterocycles. The van der Waals surface area contributed by atoms with Gasteiger partial charge in [0, 0.05) is 6.42 Å². The van der Waals surface area contributed by atoms with Crippen LogP contribution in [0.25, 0.3) is 0 Å².